The molecule has 0 aromatic heterocycles. The molecular formula is C21H19Cl2N5O6. The predicted molar refractivity (Wildman–Crippen MR) is 122 cm³/mol. The molecule has 34 heavy (non-hydrogen) atoms. The van der Waals surface area contributed by atoms with Crippen molar-refractivity contribution in [2.24, 2.45) is 0 Å². The lowest BCUT2D eigenvalue weighted by atomic mass is 10.1. The maximum absolute atomic E-state index is 12.6. The van der Waals surface area contributed by atoms with Crippen molar-refractivity contribution in [2.75, 3.05) is 29.7 Å². The third-order valence-electron chi connectivity index (χ3n) is 4.86. The molecule has 178 valence electrons. The van der Waals surface area contributed by atoms with Crippen LogP contribution in [0.1, 0.15) is 11.7 Å². The predicted octanol–water partition coefficient (Wildman–Crippen LogP) is 1.24. The highest BCUT2D eigenvalue weighted by atomic mass is 35.5. The van der Waals surface area contributed by atoms with Crippen molar-refractivity contribution in [2.45, 2.75) is 6.17 Å². The summed E-state index contributed by atoms with van der Waals surface area (Å²) < 4.78 is 0. The quantitative estimate of drug-likeness (QED) is 0.306. The first-order valence-corrected chi connectivity index (χ1v) is 11.0. The van der Waals surface area contributed by atoms with Crippen LogP contribution in [0.5, 0.6) is 0 Å². The summed E-state index contributed by atoms with van der Waals surface area (Å²) in [7, 11) is 0. The second kappa shape index (κ2) is 10.9. The Morgan fingerprint density at radius 3 is 1.47 bits per heavy atom. The third-order valence-corrected chi connectivity index (χ3v) is 5.20. The number of alkyl halides is 2. The minimum atomic E-state index is -1.30. The summed E-state index contributed by atoms with van der Waals surface area (Å²) in [5.41, 5.74) is 1.10. The van der Waals surface area contributed by atoms with E-state index in [1.165, 1.54) is 0 Å². The molecule has 0 saturated heterocycles. The number of carbonyl (C=O) groups excluding carboxylic acids is 6. The number of carbonyl (C=O) groups is 6. The van der Waals surface area contributed by atoms with E-state index in [0.29, 0.717) is 40.2 Å². The summed E-state index contributed by atoms with van der Waals surface area (Å²) in [4.78, 5) is 75.2. The lowest BCUT2D eigenvalue weighted by molar-refractivity contribution is -0.134. The largest absolute Gasteiger partial charge is 0.369 e. The average molecular weight is 508 g/mol. The molecule has 2 aliphatic heterocycles. The number of benzene rings is 1. The topological polar surface area (TPSA) is 136 Å². The standard InChI is InChI=1S/C21H19Cl2N5O6/c22-9-11-26(12-10-23)14-3-1-13(2-4-14)19(24-20(33)27-15(29)5-6-16(27)30)25-21(34)28-17(31)7-8-18(28)32/h1-8,19H,9-12H2,(H,24,33)(H,25,34). The van der Waals surface area contributed by atoms with E-state index < -0.39 is 41.9 Å². The van der Waals surface area contributed by atoms with E-state index in [4.69, 9.17) is 23.2 Å². The normalized spacial score (nSPS) is 15.0. The van der Waals surface area contributed by atoms with Gasteiger partial charge in [0, 0.05) is 54.8 Å². The van der Waals surface area contributed by atoms with Crippen LogP contribution in [0.15, 0.2) is 48.6 Å². The van der Waals surface area contributed by atoms with E-state index in [9.17, 15) is 28.8 Å². The molecule has 8 amide bonds. The van der Waals surface area contributed by atoms with Crippen molar-refractivity contribution in [3.05, 3.63) is 54.1 Å². The number of halogens is 2. The first-order chi connectivity index (χ1) is 16.3. The molecule has 1 aromatic rings. The highest BCUT2D eigenvalue weighted by Crippen LogP contribution is 2.20. The van der Waals surface area contributed by atoms with Gasteiger partial charge in [0.05, 0.1) is 0 Å². The molecule has 0 bridgehead atoms. The van der Waals surface area contributed by atoms with Crippen LogP contribution in [-0.2, 0) is 19.2 Å². The van der Waals surface area contributed by atoms with Crippen molar-refractivity contribution in [1.29, 1.82) is 0 Å². The number of hydrogen-bond acceptors (Lipinski definition) is 7. The lowest BCUT2D eigenvalue weighted by Crippen LogP contribution is -2.52. The van der Waals surface area contributed by atoms with Crippen LogP contribution in [0.3, 0.4) is 0 Å². The molecule has 2 heterocycles. The molecule has 1 aromatic carbocycles. The zero-order valence-electron chi connectivity index (χ0n) is 17.6. The van der Waals surface area contributed by atoms with Gasteiger partial charge in [0.25, 0.3) is 23.6 Å². The van der Waals surface area contributed by atoms with Gasteiger partial charge in [-0.3, -0.25) is 19.2 Å². The van der Waals surface area contributed by atoms with E-state index in [1.807, 2.05) is 4.90 Å². The zero-order chi connectivity index (χ0) is 24.8. The van der Waals surface area contributed by atoms with Crippen LogP contribution in [0, 0.1) is 0 Å². The molecule has 0 saturated carbocycles. The summed E-state index contributed by atoms with van der Waals surface area (Å²) in [5.74, 6) is -2.68. The molecule has 0 radical (unpaired) electrons. The van der Waals surface area contributed by atoms with Crippen LogP contribution in [0.25, 0.3) is 0 Å². The van der Waals surface area contributed by atoms with Crippen molar-refractivity contribution >= 4 is 64.6 Å². The Labute approximate surface area is 203 Å². The molecule has 3 rings (SSSR count). The van der Waals surface area contributed by atoms with Crippen LogP contribution in [0.4, 0.5) is 15.3 Å². The number of hydrogen-bond donors (Lipinski definition) is 2. The fourth-order valence-corrected chi connectivity index (χ4v) is 3.64. The highest BCUT2D eigenvalue weighted by molar-refractivity contribution is 6.23. The highest BCUT2D eigenvalue weighted by Gasteiger charge is 2.35. The molecule has 2 N–H and O–H groups in total. The smallest absolute Gasteiger partial charge is 0.333 e. The number of nitrogens with one attached hydrogen (secondary N) is 2. The second-order valence-electron chi connectivity index (χ2n) is 6.98. The number of rotatable bonds is 8. The van der Waals surface area contributed by atoms with Gasteiger partial charge < -0.3 is 15.5 Å². The van der Waals surface area contributed by atoms with Gasteiger partial charge in [0.2, 0.25) is 0 Å². The molecule has 0 fully saturated rings. The molecule has 0 unspecified atom stereocenters. The minimum absolute atomic E-state index is 0.334. The summed E-state index contributed by atoms with van der Waals surface area (Å²) in [5, 5.41) is 4.73. The van der Waals surface area contributed by atoms with E-state index >= 15 is 0 Å². The fraction of sp³-hybridized carbons (Fsp3) is 0.238. The molecule has 11 nitrogen and oxygen atoms in total. The summed E-state index contributed by atoms with van der Waals surface area (Å²) in [6, 6.07) is 4.35. The SMILES string of the molecule is O=C1C=CC(=O)N1C(=O)NC(NC(=O)N1C(=O)C=CC1=O)c1ccc(N(CCCl)CCCl)cc1. The van der Waals surface area contributed by atoms with E-state index in [2.05, 4.69) is 10.6 Å². The Hall–Kier alpha value is -3.70. The maximum atomic E-state index is 12.6. The first-order valence-electron chi connectivity index (χ1n) is 9.97. The van der Waals surface area contributed by atoms with Gasteiger partial charge in [-0.2, -0.15) is 9.80 Å². The van der Waals surface area contributed by atoms with E-state index in [1.54, 1.807) is 24.3 Å². The zero-order valence-corrected chi connectivity index (χ0v) is 19.1. The Morgan fingerprint density at radius 2 is 1.12 bits per heavy atom. The van der Waals surface area contributed by atoms with E-state index in [0.717, 1.165) is 30.0 Å². The summed E-state index contributed by atoms with van der Waals surface area (Å²) in [6.45, 7) is 1.06. The van der Waals surface area contributed by atoms with Gasteiger partial charge in [0.1, 0.15) is 6.17 Å². The Bertz CT molecular complexity index is 990. The van der Waals surface area contributed by atoms with Crippen molar-refractivity contribution in [1.82, 2.24) is 20.4 Å². The average Bonchev–Trinajstić information content (AvgIpc) is 3.33. The van der Waals surface area contributed by atoms with Gasteiger partial charge in [-0.1, -0.05) is 12.1 Å². The Morgan fingerprint density at radius 1 is 0.735 bits per heavy atom. The Kier molecular flexibility index (Phi) is 8.03. The van der Waals surface area contributed by atoms with Crippen LogP contribution < -0.4 is 15.5 Å². The van der Waals surface area contributed by atoms with Crippen LogP contribution >= 0.6 is 23.2 Å². The molecular weight excluding hydrogens is 489 g/mol. The van der Waals surface area contributed by atoms with Gasteiger partial charge in [0.15, 0.2) is 0 Å². The molecule has 0 spiro atoms. The minimum Gasteiger partial charge on any atom is -0.369 e. The van der Waals surface area contributed by atoms with Gasteiger partial charge in [-0.15, -0.1) is 23.2 Å². The Balaban J connectivity index is 1.85. The third kappa shape index (κ3) is 5.43. The summed E-state index contributed by atoms with van der Waals surface area (Å²) in [6.07, 6.45) is 2.42. The van der Waals surface area contributed by atoms with Crippen molar-refractivity contribution < 1.29 is 28.8 Å². The number of amides is 8. The second-order valence-corrected chi connectivity index (χ2v) is 7.73. The monoisotopic (exact) mass is 507 g/mol. The van der Waals surface area contributed by atoms with Crippen LogP contribution in [-0.4, -0.2) is 70.3 Å². The van der Waals surface area contributed by atoms with Crippen molar-refractivity contribution in [3.8, 4) is 0 Å². The number of imide groups is 6. The van der Waals surface area contributed by atoms with E-state index in [-0.39, 0.29) is 0 Å². The molecule has 13 heteroatoms. The van der Waals surface area contributed by atoms with Crippen LogP contribution in [0.2, 0.25) is 0 Å². The number of anilines is 1. The molecule has 0 atom stereocenters. The molecule has 2 aliphatic rings. The van der Waals surface area contributed by atoms with Gasteiger partial charge in [-0.25, -0.2) is 9.59 Å². The first kappa shape index (κ1) is 24.9. The maximum Gasteiger partial charge on any atom is 0.333 e. The van der Waals surface area contributed by atoms with Gasteiger partial charge >= 0.3 is 12.1 Å². The number of urea groups is 2. The number of nitrogens with zero attached hydrogens (tertiary/aromatic N) is 3. The summed E-state index contributed by atoms with van der Waals surface area (Å²) >= 11 is 11.7. The molecule has 0 aliphatic carbocycles. The lowest BCUT2D eigenvalue weighted by Gasteiger charge is -2.26. The fourth-order valence-electron chi connectivity index (χ4n) is 3.23. The van der Waals surface area contributed by atoms with Crippen molar-refractivity contribution in [3.63, 3.8) is 0 Å². The van der Waals surface area contributed by atoms with Gasteiger partial charge in [-0.05, 0) is 17.7 Å².